The topological polar surface area (TPSA) is 74.4 Å². The first-order chi connectivity index (χ1) is 9.99. The van der Waals surface area contributed by atoms with Crippen molar-refractivity contribution in [3.05, 3.63) is 23.0 Å². The number of hydrogen-bond donors (Lipinski definition) is 1. The average molecular weight is 332 g/mol. The molecule has 0 atom stereocenters. The first-order valence-corrected chi connectivity index (χ1v) is 5.60. The van der Waals surface area contributed by atoms with E-state index in [1.165, 1.54) is 0 Å². The Balaban J connectivity index is 3.49. The molecule has 0 amide bonds. The summed E-state index contributed by atoms with van der Waals surface area (Å²) in [4.78, 5) is 14.4. The maximum absolute atomic E-state index is 12.8. The summed E-state index contributed by atoms with van der Waals surface area (Å²) in [5.74, 6) is -2.24. The van der Waals surface area contributed by atoms with Crippen LogP contribution in [0.4, 0.5) is 26.3 Å². The summed E-state index contributed by atoms with van der Waals surface area (Å²) in [5.41, 5.74) is 2.04. The summed E-state index contributed by atoms with van der Waals surface area (Å²) < 4.78 is 83.4. The molecule has 0 aliphatic rings. The quantitative estimate of drug-likeness (QED) is 0.676. The fourth-order valence-corrected chi connectivity index (χ4v) is 1.59. The van der Waals surface area contributed by atoms with E-state index in [0.29, 0.717) is 6.20 Å². The van der Waals surface area contributed by atoms with E-state index in [9.17, 15) is 31.1 Å². The van der Waals surface area contributed by atoms with Crippen LogP contribution in [0.5, 0.6) is 5.75 Å². The lowest BCUT2D eigenvalue weighted by atomic mass is 10.1. The molecule has 1 aromatic rings. The van der Waals surface area contributed by atoms with Crippen molar-refractivity contribution in [1.82, 2.24) is 4.98 Å². The lowest BCUT2D eigenvalue weighted by Crippen LogP contribution is -2.23. The number of pyridine rings is 1. The number of nitrogens with two attached hydrogens (primary N) is 1. The van der Waals surface area contributed by atoms with Gasteiger partial charge < -0.3 is 15.2 Å². The second-order valence-electron chi connectivity index (χ2n) is 3.93. The molecule has 0 bridgehead atoms. The van der Waals surface area contributed by atoms with E-state index in [0.717, 1.165) is 7.11 Å². The Kier molecular flexibility index (Phi) is 5.22. The maximum atomic E-state index is 12.8. The van der Waals surface area contributed by atoms with E-state index in [1.807, 2.05) is 0 Å². The van der Waals surface area contributed by atoms with E-state index in [-0.39, 0.29) is 0 Å². The molecule has 0 spiro atoms. The van der Waals surface area contributed by atoms with Crippen LogP contribution in [0.2, 0.25) is 0 Å². The average Bonchev–Trinajstić information content (AvgIpc) is 2.37. The molecule has 0 fully saturated rings. The van der Waals surface area contributed by atoms with Crippen LogP contribution < -0.4 is 10.5 Å². The summed E-state index contributed by atoms with van der Waals surface area (Å²) in [6.07, 6.45) is -10.8. The third kappa shape index (κ3) is 4.48. The molecule has 1 aromatic heterocycles. The van der Waals surface area contributed by atoms with Gasteiger partial charge in [0.1, 0.15) is 0 Å². The fourth-order valence-electron chi connectivity index (χ4n) is 1.59. The minimum Gasteiger partial charge on any atom is -0.469 e. The molecule has 0 saturated carbocycles. The van der Waals surface area contributed by atoms with Crippen molar-refractivity contribution < 1.29 is 40.6 Å². The van der Waals surface area contributed by atoms with Crippen LogP contribution in [0, 0.1) is 0 Å². The molecule has 124 valence electrons. The van der Waals surface area contributed by atoms with Gasteiger partial charge in [-0.1, -0.05) is 0 Å². The van der Waals surface area contributed by atoms with Gasteiger partial charge in [0, 0.05) is 18.3 Å². The van der Waals surface area contributed by atoms with Crippen molar-refractivity contribution >= 4 is 5.97 Å². The number of nitrogens with zero attached hydrogens (tertiary/aromatic N) is 1. The van der Waals surface area contributed by atoms with Gasteiger partial charge in [-0.2, -0.15) is 13.2 Å². The number of methoxy groups -OCH3 is 1. The summed E-state index contributed by atoms with van der Waals surface area (Å²) in [6, 6.07) is 0. The highest BCUT2D eigenvalue weighted by molar-refractivity contribution is 5.73. The van der Waals surface area contributed by atoms with Gasteiger partial charge >= 0.3 is 18.5 Å². The van der Waals surface area contributed by atoms with Gasteiger partial charge in [-0.05, 0) is 0 Å². The number of aromatic nitrogens is 1. The predicted molar refractivity (Wildman–Crippen MR) is 59.5 cm³/mol. The molecule has 0 radical (unpaired) electrons. The zero-order valence-electron chi connectivity index (χ0n) is 11.0. The minimum absolute atomic E-state index is 0.295. The number of rotatable bonds is 4. The van der Waals surface area contributed by atoms with Gasteiger partial charge in [-0.3, -0.25) is 9.78 Å². The zero-order chi connectivity index (χ0) is 17.1. The van der Waals surface area contributed by atoms with Crippen LogP contribution >= 0.6 is 0 Å². The SMILES string of the molecule is COC(=O)Cc1ncc(C(F)(F)F)c(CN)c1OC(F)(F)F. The number of halogens is 6. The maximum Gasteiger partial charge on any atom is 0.573 e. The predicted octanol–water partition coefficient (Wildman–Crippen LogP) is 2.17. The van der Waals surface area contributed by atoms with Gasteiger partial charge in [-0.15, -0.1) is 13.2 Å². The van der Waals surface area contributed by atoms with Gasteiger partial charge in [-0.25, -0.2) is 0 Å². The molecule has 5 nitrogen and oxygen atoms in total. The van der Waals surface area contributed by atoms with Crippen molar-refractivity contribution in [2.24, 2.45) is 5.73 Å². The minimum atomic E-state index is -5.28. The van der Waals surface area contributed by atoms with Crippen molar-refractivity contribution in [3.8, 4) is 5.75 Å². The molecule has 22 heavy (non-hydrogen) atoms. The number of carbonyl (C=O) groups is 1. The number of alkyl halides is 6. The Bertz CT molecular complexity index is 556. The molecule has 1 heterocycles. The smallest absolute Gasteiger partial charge is 0.469 e. The number of esters is 1. The third-order valence-corrected chi connectivity index (χ3v) is 2.48. The number of ether oxygens (including phenoxy) is 2. The fraction of sp³-hybridized carbons (Fsp3) is 0.455. The third-order valence-electron chi connectivity index (χ3n) is 2.48. The summed E-state index contributed by atoms with van der Waals surface area (Å²) in [5, 5.41) is 0. The Hall–Kier alpha value is -2.04. The van der Waals surface area contributed by atoms with E-state index < -0.39 is 54.0 Å². The first-order valence-electron chi connectivity index (χ1n) is 5.60. The molecule has 1 rings (SSSR count). The molecule has 11 heteroatoms. The van der Waals surface area contributed by atoms with Gasteiger partial charge in [0.15, 0.2) is 5.75 Å². The number of carbonyl (C=O) groups excluding carboxylic acids is 1. The second kappa shape index (κ2) is 6.38. The Morgan fingerprint density at radius 2 is 1.86 bits per heavy atom. The molecule has 2 N–H and O–H groups in total. The monoisotopic (exact) mass is 332 g/mol. The van der Waals surface area contributed by atoms with E-state index in [4.69, 9.17) is 5.73 Å². The Labute approximate surface area is 120 Å². The molecule has 0 saturated heterocycles. The standard InChI is InChI=1S/C11H10F6N2O3/c1-21-8(20)2-7-9(22-11(15,16)17)5(3-18)6(4-19-7)10(12,13)14/h4H,2-3,18H2,1H3. The van der Waals surface area contributed by atoms with Crippen molar-refractivity contribution in [1.29, 1.82) is 0 Å². The van der Waals surface area contributed by atoms with Gasteiger partial charge in [0.25, 0.3) is 0 Å². The van der Waals surface area contributed by atoms with Crippen LogP contribution in [-0.4, -0.2) is 24.4 Å². The summed E-state index contributed by atoms with van der Waals surface area (Å²) in [6.45, 7) is -0.892. The molecule has 0 unspecified atom stereocenters. The highest BCUT2D eigenvalue weighted by Gasteiger charge is 2.39. The van der Waals surface area contributed by atoms with Crippen molar-refractivity contribution in [2.75, 3.05) is 7.11 Å². The highest BCUT2D eigenvalue weighted by Crippen LogP contribution is 2.38. The van der Waals surface area contributed by atoms with Crippen LogP contribution in [0.3, 0.4) is 0 Å². The van der Waals surface area contributed by atoms with Gasteiger partial charge in [0.2, 0.25) is 0 Å². The first kappa shape index (κ1) is 18.0. The van der Waals surface area contributed by atoms with Crippen LogP contribution in [0.15, 0.2) is 6.20 Å². The normalized spacial score (nSPS) is 12.2. The van der Waals surface area contributed by atoms with Crippen molar-refractivity contribution in [3.63, 3.8) is 0 Å². The second-order valence-corrected chi connectivity index (χ2v) is 3.93. The number of hydrogen-bond acceptors (Lipinski definition) is 5. The van der Waals surface area contributed by atoms with Gasteiger partial charge in [0.05, 0.1) is 24.8 Å². The molecular formula is C11H10F6N2O3. The van der Waals surface area contributed by atoms with Crippen LogP contribution in [0.1, 0.15) is 16.8 Å². The van der Waals surface area contributed by atoms with E-state index in [1.54, 1.807) is 0 Å². The lowest BCUT2D eigenvalue weighted by molar-refractivity contribution is -0.275. The van der Waals surface area contributed by atoms with E-state index in [2.05, 4.69) is 14.5 Å². The zero-order valence-corrected chi connectivity index (χ0v) is 11.0. The van der Waals surface area contributed by atoms with Crippen LogP contribution in [-0.2, 0) is 28.7 Å². The molecule has 0 aliphatic carbocycles. The largest absolute Gasteiger partial charge is 0.573 e. The highest BCUT2D eigenvalue weighted by atomic mass is 19.4. The Morgan fingerprint density at radius 3 is 2.27 bits per heavy atom. The van der Waals surface area contributed by atoms with Crippen LogP contribution in [0.25, 0.3) is 0 Å². The van der Waals surface area contributed by atoms with E-state index >= 15 is 0 Å². The Morgan fingerprint density at radius 1 is 1.27 bits per heavy atom. The summed E-state index contributed by atoms with van der Waals surface area (Å²) in [7, 11) is 0.959. The lowest BCUT2D eigenvalue weighted by Gasteiger charge is -2.19. The van der Waals surface area contributed by atoms with Crippen molar-refractivity contribution in [2.45, 2.75) is 25.5 Å². The molecule has 0 aliphatic heterocycles. The summed E-state index contributed by atoms with van der Waals surface area (Å²) >= 11 is 0. The molecule has 0 aromatic carbocycles. The molecular weight excluding hydrogens is 322 g/mol.